The molecule has 3 fully saturated rings. The van der Waals surface area contributed by atoms with Crippen molar-refractivity contribution < 1.29 is 23.9 Å². The summed E-state index contributed by atoms with van der Waals surface area (Å²) in [6, 6.07) is 5.55. The number of carbonyl (C=O) groups excluding carboxylic acids is 3. The minimum absolute atomic E-state index is 0.0251. The fourth-order valence-corrected chi connectivity index (χ4v) is 4.20. The highest BCUT2D eigenvalue weighted by Crippen LogP contribution is 2.33. The van der Waals surface area contributed by atoms with Crippen molar-refractivity contribution >= 4 is 23.9 Å². The molecule has 29 heavy (non-hydrogen) atoms. The standard InChI is InChI=1S/C21H23N3O5/c25-19(6-2-14-1-5-17-18(11-14)29-13-28-17)22-9-7-15(8-10-22)23-12-20(26)24(21(23)27)16-3-4-16/h1-2,5-6,11,15-16H,3-4,7-10,12-13H2. The highest BCUT2D eigenvalue weighted by Gasteiger charge is 2.47. The van der Waals surface area contributed by atoms with Gasteiger partial charge in [0, 0.05) is 31.2 Å². The maximum absolute atomic E-state index is 12.6. The second kappa shape index (κ2) is 7.09. The van der Waals surface area contributed by atoms with Gasteiger partial charge in [0.2, 0.25) is 12.7 Å². The van der Waals surface area contributed by atoms with E-state index in [1.807, 2.05) is 18.2 Å². The first-order valence-electron chi connectivity index (χ1n) is 10.1. The molecule has 1 aliphatic carbocycles. The van der Waals surface area contributed by atoms with Crippen LogP contribution in [-0.4, -0.2) is 71.1 Å². The van der Waals surface area contributed by atoms with Gasteiger partial charge in [0.1, 0.15) is 6.54 Å². The van der Waals surface area contributed by atoms with Crippen LogP contribution in [-0.2, 0) is 9.59 Å². The third-order valence-corrected chi connectivity index (χ3v) is 5.97. The van der Waals surface area contributed by atoms with Gasteiger partial charge in [-0.2, -0.15) is 0 Å². The molecule has 0 bridgehead atoms. The average Bonchev–Trinajstić information content (AvgIpc) is 3.37. The number of hydrogen-bond donors (Lipinski definition) is 0. The molecule has 0 aromatic heterocycles. The Hall–Kier alpha value is -3.03. The highest BCUT2D eigenvalue weighted by molar-refractivity contribution is 6.02. The molecule has 0 spiro atoms. The number of benzene rings is 1. The Balaban J connectivity index is 1.16. The van der Waals surface area contributed by atoms with Gasteiger partial charge in [0.15, 0.2) is 11.5 Å². The molecule has 1 aromatic rings. The van der Waals surface area contributed by atoms with E-state index >= 15 is 0 Å². The zero-order valence-corrected chi connectivity index (χ0v) is 16.1. The zero-order valence-electron chi connectivity index (χ0n) is 16.1. The molecule has 0 atom stereocenters. The van der Waals surface area contributed by atoms with Crippen molar-refractivity contribution in [1.82, 2.24) is 14.7 Å². The number of amides is 4. The van der Waals surface area contributed by atoms with Crippen LogP contribution in [0, 0.1) is 0 Å². The molecule has 3 aliphatic heterocycles. The summed E-state index contributed by atoms with van der Waals surface area (Å²) in [7, 11) is 0. The number of fused-ring (bicyclic) bond motifs is 1. The van der Waals surface area contributed by atoms with Crippen LogP contribution in [0.4, 0.5) is 4.79 Å². The van der Waals surface area contributed by atoms with Crippen molar-refractivity contribution in [2.24, 2.45) is 0 Å². The second-order valence-corrected chi connectivity index (χ2v) is 7.91. The molecular weight excluding hydrogens is 374 g/mol. The van der Waals surface area contributed by atoms with E-state index in [9.17, 15) is 14.4 Å². The summed E-state index contributed by atoms with van der Waals surface area (Å²) in [5.41, 5.74) is 0.874. The third kappa shape index (κ3) is 3.43. The summed E-state index contributed by atoms with van der Waals surface area (Å²) < 4.78 is 10.6. The van der Waals surface area contributed by atoms with Crippen molar-refractivity contribution in [3.8, 4) is 11.5 Å². The van der Waals surface area contributed by atoms with Gasteiger partial charge in [-0.25, -0.2) is 4.79 Å². The number of urea groups is 1. The predicted molar refractivity (Wildman–Crippen MR) is 103 cm³/mol. The van der Waals surface area contributed by atoms with E-state index in [2.05, 4.69) is 0 Å². The smallest absolute Gasteiger partial charge is 0.327 e. The predicted octanol–water partition coefficient (Wildman–Crippen LogP) is 1.85. The maximum Gasteiger partial charge on any atom is 0.327 e. The number of ether oxygens (including phenoxy) is 2. The van der Waals surface area contributed by atoms with Gasteiger partial charge in [-0.3, -0.25) is 14.5 Å². The summed E-state index contributed by atoms with van der Waals surface area (Å²) in [5.74, 6) is 1.27. The van der Waals surface area contributed by atoms with E-state index in [0.717, 1.165) is 18.4 Å². The van der Waals surface area contributed by atoms with Gasteiger partial charge >= 0.3 is 6.03 Å². The molecule has 0 N–H and O–H groups in total. The molecule has 8 nitrogen and oxygen atoms in total. The summed E-state index contributed by atoms with van der Waals surface area (Å²) >= 11 is 0. The summed E-state index contributed by atoms with van der Waals surface area (Å²) in [6.07, 6.45) is 6.58. The number of likely N-dealkylation sites (tertiary alicyclic amines) is 1. The maximum atomic E-state index is 12.6. The normalized spacial score (nSPS) is 22.3. The van der Waals surface area contributed by atoms with Gasteiger partial charge in [-0.15, -0.1) is 0 Å². The zero-order chi connectivity index (χ0) is 20.0. The third-order valence-electron chi connectivity index (χ3n) is 5.97. The quantitative estimate of drug-likeness (QED) is 0.572. The molecule has 5 rings (SSSR count). The molecular formula is C21H23N3O5. The molecule has 152 valence electrons. The van der Waals surface area contributed by atoms with Crippen LogP contribution in [0.1, 0.15) is 31.2 Å². The minimum atomic E-state index is -0.148. The number of nitrogens with zero attached hydrogens (tertiary/aromatic N) is 3. The molecule has 3 heterocycles. The topological polar surface area (TPSA) is 79.4 Å². The molecule has 1 aromatic carbocycles. The highest BCUT2D eigenvalue weighted by atomic mass is 16.7. The van der Waals surface area contributed by atoms with E-state index in [1.54, 1.807) is 22.0 Å². The fourth-order valence-electron chi connectivity index (χ4n) is 4.20. The molecule has 0 radical (unpaired) electrons. The van der Waals surface area contributed by atoms with Crippen LogP contribution in [0.15, 0.2) is 24.3 Å². The van der Waals surface area contributed by atoms with Crippen LogP contribution >= 0.6 is 0 Å². The van der Waals surface area contributed by atoms with Crippen molar-refractivity contribution in [3.63, 3.8) is 0 Å². The summed E-state index contributed by atoms with van der Waals surface area (Å²) in [4.78, 5) is 42.2. The first kappa shape index (κ1) is 18.0. The second-order valence-electron chi connectivity index (χ2n) is 7.91. The fraction of sp³-hybridized carbons (Fsp3) is 0.476. The van der Waals surface area contributed by atoms with Crippen LogP contribution in [0.2, 0.25) is 0 Å². The number of piperidine rings is 1. The van der Waals surface area contributed by atoms with Crippen LogP contribution in [0.3, 0.4) is 0 Å². The number of hydrogen-bond acceptors (Lipinski definition) is 5. The van der Waals surface area contributed by atoms with Crippen LogP contribution in [0.25, 0.3) is 6.08 Å². The van der Waals surface area contributed by atoms with Crippen molar-refractivity contribution in [2.75, 3.05) is 26.4 Å². The number of rotatable bonds is 4. The summed E-state index contributed by atoms with van der Waals surface area (Å²) in [6.45, 7) is 1.56. The number of carbonyl (C=O) groups is 3. The van der Waals surface area contributed by atoms with Gasteiger partial charge in [0.05, 0.1) is 0 Å². The molecule has 8 heteroatoms. The van der Waals surface area contributed by atoms with Crippen molar-refractivity contribution in [2.45, 2.75) is 37.8 Å². The lowest BCUT2D eigenvalue weighted by Crippen LogP contribution is -2.47. The Kier molecular flexibility index (Phi) is 4.41. The van der Waals surface area contributed by atoms with Gasteiger partial charge in [-0.1, -0.05) is 6.07 Å². The molecule has 4 aliphatic rings. The average molecular weight is 397 g/mol. The van der Waals surface area contributed by atoms with E-state index in [-0.39, 0.29) is 43.3 Å². The van der Waals surface area contributed by atoms with Crippen molar-refractivity contribution in [3.05, 3.63) is 29.8 Å². The first-order chi connectivity index (χ1) is 14.1. The monoisotopic (exact) mass is 397 g/mol. The van der Waals surface area contributed by atoms with Crippen LogP contribution in [0.5, 0.6) is 11.5 Å². The Morgan fingerprint density at radius 3 is 2.52 bits per heavy atom. The molecule has 4 amide bonds. The Labute approximate surface area is 168 Å². The van der Waals surface area contributed by atoms with Gasteiger partial charge in [-0.05, 0) is 49.5 Å². The lowest BCUT2D eigenvalue weighted by atomic mass is 10.0. The number of imide groups is 1. The van der Waals surface area contributed by atoms with E-state index in [0.29, 0.717) is 37.4 Å². The molecule has 1 saturated carbocycles. The lowest BCUT2D eigenvalue weighted by Gasteiger charge is -2.35. The first-order valence-corrected chi connectivity index (χ1v) is 10.1. The Morgan fingerprint density at radius 1 is 1.00 bits per heavy atom. The minimum Gasteiger partial charge on any atom is -0.454 e. The van der Waals surface area contributed by atoms with Crippen LogP contribution < -0.4 is 9.47 Å². The van der Waals surface area contributed by atoms with E-state index in [1.165, 1.54) is 4.90 Å². The largest absolute Gasteiger partial charge is 0.454 e. The Bertz CT molecular complexity index is 886. The van der Waals surface area contributed by atoms with E-state index in [4.69, 9.17) is 9.47 Å². The SMILES string of the molecule is O=C(C=Cc1ccc2c(c1)OCO2)N1CCC(N2CC(=O)N(C3CC3)C2=O)CC1. The Morgan fingerprint density at radius 2 is 1.76 bits per heavy atom. The van der Waals surface area contributed by atoms with Gasteiger partial charge < -0.3 is 19.3 Å². The molecule has 0 unspecified atom stereocenters. The van der Waals surface area contributed by atoms with E-state index < -0.39 is 0 Å². The van der Waals surface area contributed by atoms with Crippen molar-refractivity contribution in [1.29, 1.82) is 0 Å². The lowest BCUT2D eigenvalue weighted by molar-refractivity contribution is -0.128. The molecule has 2 saturated heterocycles. The van der Waals surface area contributed by atoms with Gasteiger partial charge in [0.25, 0.3) is 5.91 Å². The summed E-state index contributed by atoms with van der Waals surface area (Å²) in [5, 5.41) is 0.